The van der Waals surface area contributed by atoms with Crippen LogP contribution < -0.4 is 9.64 Å². The molecule has 0 aliphatic carbocycles. The normalized spacial score (nSPS) is 23.2. The number of phenols is 1. The Bertz CT molecular complexity index is 1840. The number of hydrogen-bond donors (Lipinski definition) is 1. The van der Waals surface area contributed by atoms with Gasteiger partial charge in [-0.1, -0.05) is 30.3 Å². The molecule has 8 rings (SSSR count). The number of benzene rings is 3. The standard InChI is InChI=1S/C38H45FN6O4/c1-42-14-4-7-28(42)24-49-38-40-36-32(13-12-31(35(36)39)33-21-29(46)20-25-6-2-3-8-30(25)33)37(41-38)44-22-26-10-11-27(23-44)45(26)34(47)9-5-15-43-16-18-48-19-17-43/h2-3,6,8,12-13,20-21,26-28,46H,4-5,7,9-11,14-19,22-24H2,1H3/t26-,27+,28?. The van der Waals surface area contributed by atoms with Gasteiger partial charge in [-0.2, -0.15) is 9.97 Å². The number of aromatic nitrogens is 2. The van der Waals surface area contributed by atoms with Crippen molar-refractivity contribution in [3.05, 3.63) is 54.3 Å². The summed E-state index contributed by atoms with van der Waals surface area (Å²) in [6.07, 6.45) is 5.43. The monoisotopic (exact) mass is 668 g/mol. The molecular formula is C38H45FN6O4. The second-order valence-corrected chi connectivity index (χ2v) is 14.1. The van der Waals surface area contributed by atoms with E-state index in [1.54, 1.807) is 18.2 Å². The van der Waals surface area contributed by atoms with E-state index in [0.29, 0.717) is 48.4 Å². The van der Waals surface area contributed by atoms with Crippen molar-refractivity contribution >= 4 is 33.4 Å². The van der Waals surface area contributed by atoms with Crippen LogP contribution in [0.15, 0.2) is 48.5 Å². The number of carbonyl (C=O) groups excluding carboxylic acids is 1. The maximum atomic E-state index is 16.8. The minimum absolute atomic E-state index is 0.0743. The zero-order valence-electron chi connectivity index (χ0n) is 28.2. The number of likely N-dealkylation sites (tertiary alicyclic amines) is 1. The largest absolute Gasteiger partial charge is 0.508 e. The minimum Gasteiger partial charge on any atom is -0.508 e. The number of halogens is 1. The highest BCUT2D eigenvalue weighted by Gasteiger charge is 2.43. The fourth-order valence-electron chi connectivity index (χ4n) is 8.41. The van der Waals surface area contributed by atoms with Crippen LogP contribution in [0.2, 0.25) is 0 Å². The molecule has 1 amide bonds. The van der Waals surface area contributed by atoms with E-state index in [-0.39, 0.29) is 41.3 Å². The van der Waals surface area contributed by atoms with Crippen LogP contribution in [-0.2, 0) is 9.53 Å². The molecule has 4 aliphatic heterocycles. The lowest BCUT2D eigenvalue weighted by molar-refractivity contribution is -0.134. The summed E-state index contributed by atoms with van der Waals surface area (Å²) >= 11 is 0. The number of nitrogens with zero attached hydrogens (tertiary/aromatic N) is 6. The number of amides is 1. The molecule has 1 N–H and O–H groups in total. The highest BCUT2D eigenvalue weighted by Crippen LogP contribution is 2.40. The highest BCUT2D eigenvalue weighted by molar-refractivity contribution is 6.01. The number of aromatic hydroxyl groups is 1. The summed E-state index contributed by atoms with van der Waals surface area (Å²) < 4.78 is 28.5. The zero-order valence-corrected chi connectivity index (χ0v) is 28.2. The van der Waals surface area contributed by atoms with Crippen molar-refractivity contribution < 1.29 is 23.8 Å². The molecule has 4 aliphatic rings. The second kappa shape index (κ2) is 13.7. The maximum Gasteiger partial charge on any atom is 0.319 e. The first kappa shape index (κ1) is 32.2. The predicted octanol–water partition coefficient (Wildman–Crippen LogP) is 5.06. The van der Waals surface area contributed by atoms with Gasteiger partial charge in [0.05, 0.1) is 13.2 Å². The number of hydrogen-bond acceptors (Lipinski definition) is 9. The zero-order chi connectivity index (χ0) is 33.5. The van der Waals surface area contributed by atoms with Crippen molar-refractivity contribution in [3.8, 4) is 22.9 Å². The molecule has 10 nitrogen and oxygen atoms in total. The van der Waals surface area contributed by atoms with Gasteiger partial charge in [0, 0.05) is 61.7 Å². The summed E-state index contributed by atoms with van der Waals surface area (Å²) in [7, 11) is 2.10. The Hall–Kier alpha value is -4.06. The SMILES string of the molecule is CN1CCCC1COc1nc(N2C[C@H]3CC[C@@H](C2)N3C(=O)CCCN2CCOCC2)c2ccc(-c3cc(O)cc4ccccc34)c(F)c2n1. The van der Waals surface area contributed by atoms with Crippen LogP contribution in [0.1, 0.15) is 38.5 Å². The van der Waals surface area contributed by atoms with Crippen LogP contribution in [0, 0.1) is 5.82 Å². The molecule has 258 valence electrons. The van der Waals surface area contributed by atoms with Crippen LogP contribution in [0.3, 0.4) is 0 Å². The van der Waals surface area contributed by atoms with Crippen molar-refractivity contribution in [3.63, 3.8) is 0 Å². The van der Waals surface area contributed by atoms with Gasteiger partial charge in [-0.25, -0.2) is 4.39 Å². The molecule has 3 atom stereocenters. The average Bonchev–Trinajstić information content (AvgIpc) is 3.65. The van der Waals surface area contributed by atoms with E-state index in [4.69, 9.17) is 14.5 Å². The van der Waals surface area contributed by atoms with E-state index < -0.39 is 5.82 Å². The lowest BCUT2D eigenvalue weighted by Gasteiger charge is -2.42. The molecular weight excluding hydrogens is 623 g/mol. The number of carbonyl (C=O) groups is 1. The Morgan fingerprint density at radius 1 is 0.980 bits per heavy atom. The van der Waals surface area contributed by atoms with Crippen molar-refractivity contribution in [2.24, 2.45) is 0 Å². The third-order valence-electron chi connectivity index (χ3n) is 11.0. The number of anilines is 1. The van der Waals surface area contributed by atoms with E-state index in [2.05, 4.69) is 31.6 Å². The first-order valence-corrected chi connectivity index (χ1v) is 17.8. The lowest BCUT2D eigenvalue weighted by Crippen LogP contribution is -2.56. The molecule has 4 fully saturated rings. The van der Waals surface area contributed by atoms with Gasteiger partial charge in [0.2, 0.25) is 5.91 Å². The average molecular weight is 669 g/mol. The molecule has 0 radical (unpaired) electrons. The molecule has 5 heterocycles. The second-order valence-electron chi connectivity index (χ2n) is 14.1. The van der Waals surface area contributed by atoms with Crippen molar-refractivity contribution in [2.75, 3.05) is 71.0 Å². The third kappa shape index (κ3) is 6.39. The lowest BCUT2D eigenvalue weighted by atomic mass is 9.96. The van der Waals surface area contributed by atoms with Crippen LogP contribution in [-0.4, -0.2) is 120 Å². The molecule has 49 heavy (non-hydrogen) atoms. The number of morpholine rings is 1. The van der Waals surface area contributed by atoms with Gasteiger partial charge in [0.1, 0.15) is 23.7 Å². The van der Waals surface area contributed by atoms with Crippen LogP contribution in [0.5, 0.6) is 11.8 Å². The first-order valence-electron chi connectivity index (χ1n) is 17.8. The summed E-state index contributed by atoms with van der Waals surface area (Å²) in [4.78, 5) is 32.1. The van der Waals surface area contributed by atoms with Gasteiger partial charge in [-0.3, -0.25) is 9.69 Å². The number of fused-ring (bicyclic) bond motifs is 4. The summed E-state index contributed by atoms with van der Waals surface area (Å²) in [6.45, 7) is 7.01. The highest BCUT2D eigenvalue weighted by atomic mass is 19.1. The molecule has 4 saturated heterocycles. The molecule has 11 heteroatoms. The topological polar surface area (TPSA) is 94.5 Å². The number of likely N-dealkylation sites (N-methyl/N-ethyl adjacent to an activating group) is 1. The summed E-state index contributed by atoms with van der Waals surface area (Å²) in [5.74, 6) is 0.469. The Kier molecular flexibility index (Phi) is 8.98. The Labute approximate surface area is 286 Å². The van der Waals surface area contributed by atoms with Gasteiger partial charge >= 0.3 is 6.01 Å². The molecule has 0 saturated carbocycles. The summed E-state index contributed by atoms with van der Waals surface area (Å²) in [5.41, 5.74) is 1.15. The number of rotatable bonds is 9. The van der Waals surface area contributed by atoms with Gasteiger partial charge in [-0.15, -0.1) is 0 Å². The first-order chi connectivity index (χ1) is 23.9. The van der Waals surface area contributed by atoms with E-state index in [0.717, 1.165) is 82.3 Å². The molecule has 3 aromatic carbocycles. The van der Waals surface area contributed by atoms with Crippen molar-refractivity contribution in [1.82, 2.24) is 24.7 Å². The van der Waals surface area contributed by atoms with E-state index in [1.807, 2.05) is 30.3 Å². The molecule has 4 aromatic rings. The Morgan fingerprint density at radius 3 is 2.55 bits per heavy atom. The van der Waals surface area contributed by atoms with E-state index >= 15 is 4.39 Å². The molecule has 1 aromatic heterocycles. The molecule has 1 unspecified atom stereocenters. The van der Waals surface area contributed by atoms with Crippen LogP contribution in [0.4, 0.5) is 10.2 Å². The van der Waals surface area contributed by atoms with E-state index in [1.165, 1.54) is 0 Å². The minimum atomic E-state index is -0.475. The van der Waals surface area contributed by atoms with Crippen LogP contribution >= 0.6 is 0 Å². The van der Waals surface area contributed by atoms with Crippen LogP contribution in [0.25, 0.3) is 32.8 Å². The van der Waals surface area contributed by atoms with Gasteiger partial charge in [0.25, 0.3) is 0 Å². The van der Waals surface area contributed by atoms with Crippen molar-refractivity contribution in [2.45, 2.75) is 56.7 Å². The third-order valence-corrected chi connectivity index (χ3v) is 11.0. The number of piperazine rings is 1. The summed E-state index contributed by atoms with van der Waals surface area (Å²) in [5, 5.41) is 12.8. The summed E-state index contributed by atoms with van der Waals surface area (Å²) in [6, 6.07) is 15.2. The fraction of sp³-hybridized carbons (Fsp3) is 0.500. The Morgan fingerprint density at radius 2 is 1.78 bits per heavy atom. The maximum absolute atomic E-state index is 16.8. The molecule has 0 spiro atoms. The molecule has 2 bridgehead atoms. The van der Waals surface area contributed by atoms with Gasteiger partial charge in [0.15, 0.2) is 5.82 Å². The van der Waals surface area contributed by atoms with E-state index in [9.17, 15) is 9.90 Å². The fourth-order valence-corrected chi connectivity index (χ4v) is 8.41. The Balaban J connectivity index is 1.10. The number of phenolic OH excluding ortho intramolecular Hbond substituents is 1. The number of ether oxygens (including phenoxy) is 2. The predicted molar refractivity (Wildman–Crippen MR) is 188 cm³/mol. The quantitative estimate of drug-likeness (QED) is 0.263. The van der Waals surface area contributed by atoms with Crippen molar-refractivity contribution in [1.29, 1.82) is 0 Å². The smallest absolute Gasteiger partial charge is 0.319 e. The van der Waals surface area contributed by atoms with Gasteiger partial charge in [-0.05, 0) is 86.8 Å². The van der Waals surface area contributed by atoms with Gasteiger partial charge < -0.3 is 29.3 Å².